The molecule has 1 aromatic rings. The van der Waals surface area contributed by atoms with Gasteiger partial charge < -0.3 is 16.4 Å². The van der Waals surface area contributed by atoms with Gasteiger partial charge in [0, 0.05) is 7.05 Å². The van der Waals surface area contributed by atoms with E-state index < -0.39 is 6.03 Å². The minimum Gasteiger partial charge on any atom is -0.373 e. The highest BCUT2D eigenvalue weighted by atomic mass is 16.2. The van der Waals surface area contributed by atoms with Gasteiger partial charge in [0.25, 0.3) is 0 Å². The summed E-state index contributed by atoms with van der Waals surface area (Å²) in [5, 5.41) is 5.26. The minimum absolute atomic E-state index is 0.585. The molecule has 5 nitrogen and oxygen atoms in total. The van der Waals surface area contributed by atoms with Crippen molar-refractivity contribution in [1.29, 1.82) is 0 Å². The summed E-state index contributed by atoms with van der Waals surface area (Å²) < 4.78 is 0. The van der Waals surface area contributed by atoms with E-state index in [0.29, 0.717) is 5.69 Å². The van der Waals surface area contributed by atoms with E-state index in [1.54, 1.807) is 19.2 Å². The Morgan fingerprint density at radius 3 is 2.75 bits per heavy atom. The molecule has 0 fully saturated rings. The molecule has 4 N–H and O–H groups in total. The maximum Gasteiger partial charge on any atom is 0.316 e. The lowest BCUT2D eigenvalue weighted by molar-refractivity contribution is 0.259. The van der Waals surface area contributed by atoms with E-state index in [2.05, 4.69) is 15.6 Å². The van der Waals surface area contributed by atoms with Crippen LogP contribution < -0.4 is 16.4 Å². The van der Waals surface area contributed by atoms with Crippen molar-refractivity contribution in [3.8, 4) is 0 Å². The highest BCUT2D eigenvalue weighted by molar-refractivity contribution is 5.87. The zero-order valence-corrected chi connectivity index (χ0v) is 6.66. The lowest BCUT2D eigenvalue weighted by Gasteiger charge is -2.01. The Balaban J connectivity index is 2.71. The molecule has 5 heteroatoms. The lowest BCUT2D eigenvalue weighted by atomic mass is 10.4. The number of amides is 2. The number of rotatable bonds is 2. The van der Waals surface area contributed by atoms with E-state index in [4.69, 9.17) is 5.73 Å². The Morgan fingerprint density at radius 1 is 1.58 bits per heavy atom. The van der Waals surface area contributed by atoms with Crippen molar-refractivity contribution in [1.82, 2.24) is 4.98 Å². The third kappa shape index (κ3) is 2.12. The predicted molar refractivity (Wildman–Crippen MR) is 47.0 cm³/mol. The molecule has 64 valence electrons. The Bertz CT molecular complexity index is 269. The van der Waals surface area contributed by atoms with Crippen LogP contribution in [-0.4, -0.2) is 18.1 Å². The molecule has 0 saturated heterocycles. The summed E-state index contributed by atoms with van der Waals surface area (Å²) in [6.45, 7) is 0. The highest BCUT2D eigenvalue weighted by Crippen LogP contribution is 2.07. The van der Waals surface area contributed by atoms with Crippen molar-refractivity contribution in [2.45, 2.75) is 0 Å². The number of primary amides is 1. The van der Waals surface area contributed by atoms with Gasteiger partial charge >= 0.3 is 6.03 Å². The smallest absolute Gasteiger partial charge is 0.316 e. The Kier molecular flexibility index (Phi) is 2.47. The summed E-state index contributed by atoms with van der Waals surface area (Å²) in [5.41, 5.74) is 5.49. The van der Waals surface area contributed by atoms with Crippen molar-refractivity contribution in [2.24, 2.45) is 5.73 Å². The van der Waals surface area contributed by atoms with E-state index in [9.17, 15) is 4.79 Å². The topological polar surface area (TPSA) is 80.0 Å². The first-order valence-electron chi connectivity index (χ1n) is 3.42. The molecule has 0 atom stereocenters. The largest absolute Gasteiger partial charge is 0.373 e. The predicted octanol–water partition coefficient (Wildman–Crippen LogP) is 0.614. The molecule has 0 spiro atoms. The fourth-order valence-corrected chi connectivity index (χ4v) is 0.758. The molecule has 12 heavy (non-hydrogen) atoms. The van der Waals surface area contributed by atoms with Crippen LogP contribution in [0.5, 0.6) is 0 Å². The first kappa shape index (κ1) is 8.32. The van der Waals surface area contributed by atoms with Crippen molar-refractivity contribution < 1.29 is 4.79 Å². The number of hydrogen-bond donors (Lipinski definition) is 3. The number of carbonyl (C=O) groups excluding carboxylic acids is 1. The van der Waals surface area contributed by atoms with Gasteiger partial charge in [-0.1, -0.05) is 0 Å². The molecule has 1 heterocycles. The van der Waals surface area contributed by atoms with Gasteiger partial charge in [0.2, 0.25) is 0 Å². The minimum atomic E-state index is -0.589. The van der Waals surface area contributed by atoms with Crippen LogP contribution in [-0.2, 0) is 0 Å². The zero-order chi connectivity index (χ0) is 8.97. The molecule has 0 bridgehead atoms. The number of carbonyl (C=O) groups is 1. The summed E-state index contributed by atoms with van der Waals surface area (Å²) >= 11 is 0. The van der Waals surface area contributed by atoms with Gasteiger partial charge in [0.05, 0.1) is 11.9 Å². The first-order chi connectivity index (χ1) is 5.72. The van der Waals surface area contributed by atoms with E-state index in [-0.39, 0.29) is 0 Å². The second-order valence-electron chi connectivity index (χ2n) is 2.17. The van der Waals surface area contributed by atoms with Gasteiger partial charge in [-0.25, -0.2) is 9.78 Å². The second-order valence-corrected chi connectivity index (χ2v) is 2.17. The standard InChI is InChI=1S/C7H10N4O/c1-9-6-3-2-5(4-10-6)11-7(8)12/h2-4H,1H3,(H,9,10)(H3,8,11,12). The molecule has 0 aromatic carbocycles. The number of hydrogen-bond acceptors (Lipinski definition) is 3. The molecule has 0 aliphatic rings. The van der Waals surface area contributed by atoms with Crippen LogP contribution in [0.1, 0.15) is 0 Å². The van der Waals surface area contributed by atoms with E-state index >= 15 is 0 Å². The fraction of sp³-hybridized carbons (Fsp3) is 0.143. The zero-order valence-electron chi connectivity index (χ0n) is 6.66. The van der Waals surface area contributed by atoms with Crippen molar-refractivity contribution in [3.05, 3.63) is 18.3 Å². The van der Waals surface area contributed by atoms with Gasteiger partial charge in [-0.15, -0.1) is 0 Å². The van der Waals surface area contributed by atoms with Gasteiger partial charge in [-0.05, 0) is 12.1 Å². The van der Waals surface area contributed by atoms with Gasteiger partial charge in [0.15, 0.2) is 0 Å². The summed E-state index contributed by atoms with van der Waals surface area (Å²) in [4.78, 5) is 14.4. The number of nitrogens with zero attached hydrogens (tertiary/aromatic N) is 1. The average molecular weight is 166 g/mol. The second kappa shape index (κ2) is 3.56. The first-order valence-corrected chi connectivity index (χ1v) is 3.42. The number of anilines is 2. The van der Waals surface area contributed by atoms with Gasteiger partial charge in [-0.2, -0.15) is 0 Å². The monoisotopic (exact) mass is 166 g/mol. The lowest BCUT2D eigenvalue weighted by Crippen LogP contribution is -2.19. The average Bonchev–Trinajstić information content (AvgIpc) is 2.05. The van der Waals surface area contributed by atoms with Crippen LogP contribution in [0.2, 0.25) is 0 Å². The molecule has 1 rings (SSSR count). The Labute approximate surface area is 70.0 Å². The molecular formula is C7H10N4O. The third-order valence-electron chi connectivity index (χ3n) is 1.29. The normalized spacial score (nSPS) is 9.08. The van der Waals surface area contributed by atoms with Gasteiger partial charge in [-0.3, -0.25) is 0 Å². The summed E-state index contributed by atoms with van der Waals surface area (Å²) in [6, 6.07) is 2.86. The number of nitrogens with two attached hydrogens (primary N) is 1. The number of urea groups is 1. The van der Waals surface area contributed by atoms with Crippen LogP contribution in [0, 0.1) is 0 Å². The molecule has 1 aromatic heterocycles. The molecule has 0 unspecified atom stereocenters. The summed E-state index contributed by atoms with van der Waals surface area (Å²) in [6.07, 6.45) is 1.52. The number of nitrogens with one attached hydrogen (secondary N) is 2. The van der Waals surface area contributed by atoms with Gasteiger partial charge in [0.1, 0.15) is 5.82 Å². The summed E-state index contributed by atoms with van der Waals surface area (Å²) in [7, 11) is 1.77. The van der Waals surface area contributed by atoms with Crippen LogP contribution >= 0.6 is 0 Å². The molecule has 0 saturated carbocycles. The van der Waals surface area contributed by atoms with E-state index in [0.717, 1.165) is 5.82 Å². The maximum absolute atomic E-state index is 10.4. The Morgan fingerprint density at radius 2 is 2.33 bits per heavy atom. The molecule has 2 amide bonds. The summed E-state index contributed by atoms with van der Waals surface area (Å²) in [5.74, 6) is 0.741. The van der Waals surface area contributed by atoms with E-state index in [1.807, 2.05) is 0 Å². The highest BCUT2D eigenvalue weighted by Gasteiger charge is 1.95. The fourth-order valence-electron chi connectivity index (χ4n) is 0.758. The third-order valence-corrected chi connectivity index (χ3v) is 1.29. The molecule has 0 radical (unpaired) electrons. The van der Waals surface area contributed by atoms with E-state index in [1.165, 1.54) is 6.20 Å². The van der Waals surface area contributed by atoms with Crippen LogP contribution in [0.25, 0.3) is 0 Å². The maximum atomic E-state index is 10.4. The van der Waals surface area contributed by atoms with Crippen LogP contribution in [0.15, 0.2) is 18.3 Å². The Hall–Kier alpha value is -1.78. The SMILES string of the molecule is CNc1ccc(NC(N)=O)cn1. The molecule has 0 aliphatic heterocycles. The van der Waals surface area contributed by atoms with Crippen LogP contribution in [0.4, 0.5) is 16.3 Å². The van der Waals surface area contributed by atoms with Crippen LogP contribution in [0.3, 0.4) is 0 Å². The van der Waals surface area contributed by atoms with Crippen molar-refractivity contribution in [3.63, 3.8) is 0 Å². The van der Waals surface area contributed by atoms with Crippen molar-refractivity contribution >= 4 is 17.5 Å². The quantitative estimate of drug-likeness (QED) is 0.602. The number of pyridine rings is 1. The molecular weight excluding hydrogens is 156 g/mol. The van der Waals surface area contributed by atoms with Crippen molar-refractivity contribution in [2.75, 3.05) is 17.7 Å². The molecule has 0 aliphatic carbocycles. The number of aromatic nitrogens is 1.